The quantitative estimate of drug-likeness (QED) is 0.816. The molecule has 0 saturated heterocycles. The Labute approximate surface area is 98.4 Å². The highest BCUT2D eigenvalue weighted by Crippen LogP contribution is 2.23. The van der Waals surface area contributed by atoms with Gasteiger partial charge in [-0.05, 0) is 24.6 Å². The molecule has 17 heavy (non-hydrogen) atoms. The van der Waals surface area contributed by atoms with Crippen molar-refractivity contribution < 1.29 is 9.59 Å². The van der Waals surface area contributed by atoms with Crippen LogP contribution in [0.3, 0.4) is 0 Å². The third kappa shape index (κ3) is 2.04. The van der Waals surface area contributed by atoms with Crippen LogP contribution in [-0.4, -0.2) is 21.6 Å². The van der Waals surface area contributed by atoms with E-state index < -0.39 is 0 Å². The predicted octanol–water partition coefficient (Wildman–Crippen LogP) is 1.96. The summed E-state index contributed by atoms with van der Waals surface area (Å²) in [6.45, 7) is 4.80. The first kappa shape index (κ1) is 11.3. The predicted molar refractivity (Wildman–Crippen MR) is 65.1 cm³/mol. The lowest BCUT2D eigenvalue weighted by Crippen LogP contribution is -2.09. The van der Waals surface area contributed by atoms with Crippen LogP contribution in [0.1, 0.15) is 24.2 Å². The highest BCUT2D eigenvalue weighted by atomic mass is 16.2. The lowest BCUT2D eigenvalue weighted by atomic mass is 10.1. The van der Waals surface area contributed by atoms with Gasteiger partial charge in [0.25, 0.3) is 0 Å². The van der Waals surface area contributed by atoms with Crippen molar-refractivity contribution in [2.75, 3.05) is 5.32 Å². The molecule has 1 aromatic heterocycles. The summed E-state index contributed by atoms with van der Waals surface area (Å²) < 4.78 is 1.32. The lowest BCUT2D eigenvalue weighted by Gasteiger charge is -2.07. The molecule has 2 rings (SSSR count). The number of carbonyl (C=O) groups is 2. The molecule has 88 valence electrons. The number of hydrogen-bond donors (Lipinski definition) is 1. The zero-order valence-corrected chi connectivity index (χ0v) is 9.94. The van der Waals surface area contributed by atoms with E-state index in [1.807, 2.05) is 13.0 Å². The fourth-order valence-corrected chi connectivity index (χ4v) is 1.76. The summed E-state index contributed by atoms with van der Waals surface area (Å²) in [5.74, 6) is -0.293. The van der Waals surface area contributed by atoms with Gasteiger partial charge in [0.15, 0.2) is 0 Å². The van der Waals surface area contributed by atoms with Crippen LogP contribution in [0.4, 0.5) is 5.69 Å². The average Bonchev–Trinajstić information content (AvgIpc) is 2.60. The molecule has 0 bridgehead atoms. The Morgan fingerprint density at radius 1 is 1.29 bits per heavy atom. The van der Waals surface area contributed by atoms with Gasteiger partial charge in [-0.1, -0.05) is 0 Å². The SMILES string of the molecule is CC(=O)Nc1cc2c(cnn2C(C)=O)cc1C. The van der Waals surface area contributed by atoms with Crippen LogP contribution in [0.5, 0.6) is 0 Å². The Bertz CT molecular complexity index is 613. The molecule has 0 fully saturated rings. The minimum atomic E-state index is -0.155. The number of carbonyl (C=O) groups excluding carboxylic acids is 2. The lowest BCUT2D eigenvalue weighted by molar-refractivity contribution is -0.114. The second-order valence-electron chi connectivity index (χ2n) is 3.98. The van der Waals surface area contributed by atoms with E-state index in [9.17, 15) is 9.59 Å². The maximum Gasteiger partial charge on any atom is 0.244 e. The number of nitrogens with one attached hydrogen (secondary N) is 1. The molecule has 0 atom stereocenters. The molecular weight excluding hydrogens is 218 g/mol. The fourth-order valence-electron chi connectivity index (χ4n) is 1.76. The number of rotatable bonds is 1. The van der Waals surface area contributed by atoms with Crippen molar-refractivity contribution >= 4 is 28.4 Å². The summed E-state index contributed by atoms with van der Waals surface area (Å²) in [6.07, 6.45) is 1.64. The Balaban J connectivity index is 2.63. The fraction of sp³-hybridized carbons (Fsp3) is 0.250. The number of hydrogen-bond acceptors (Lipinski definition) is 3. The molecule has 0 unspecified atom stereocenters. The standard InChI is InChI=1S/C12H13N3O2/c1-7-4-10-6-13-15(9(3)17)12(10)5-11(7)14-8(2)16/h4-6H,1-3H3,(H,14,16). The first-order chi connectivity index (χ1) is 7.99. The van der Waals surface area contributed by atoms with Crippen molar-refractivity contribution in [2.45, 2.75) is 20.8 Å². The first-order valence-corrected chi connectivity index (χ1v) is 5.26. The zero-order chi connectivity index (χ0) is 12.6. The summed E-state index contributed by atoms with van der Waals surface area (Å²) in [5.41, 5.74) is 2.34. The van der Waals surface area contributed by atoms with Gasteiger partial charge in [0, 0.05) is 24.9 Å². The van der Waals surface area contributed by atoms with Gasteiger partial charge >= 0.3 is 0 Å². The zero-order valence-electron chi connectivity index (χ0n) is 9.94. The summed E-state index contributed by atoms with van der Waals surface area (Å²) in [7, 11) is 0. The van der Waals surface area contributed by atoms with Gasteiger partial charge in [0.05, 0.1) is 11.7 Å². The van der Waals surface area contributed by atoms with Crippen LogP contribution in [0, 0.1) is 6.92 Å². The number of amides is 1. The smallest absolute Gasteiger partial charge is 0.244 e. The molecule has 0 spiro atoms. The number of aryl methyl sites for hydroxylation is 1. The average molecular weight is 231 g/mol. The summed E-state index contributed by atoms with van der Waals surface area (Å²) in [5, 5.41) is 7.62. The summed E-state index contributed by atoms with van der Waals surface area (Å²) in [4.78, 5) is 22.4. The third-order valence-electron chi connectivity index (χ3n) is 2.52. The molecule has 0 aliphatic heterocycles. The number of fused-ring (bicyclic) bond motifs is 1. The van der Waals surface area contributed by atoms with Gasteiger partial charge < -0.3 is 5.32 Å². The molecule has 1 aromatic carbocycles. The maximum atomic E-state index is 11.4. The maximum absolute atomic E-state index is 11.4. The number of benzene rings is 1. The van der Waals surface area contributed by atoms with Gasteiger partial charge in [-0.3, -0.25) is 9.59 Å². The summed E-state index contributed by atoms with van der Waals surface area (Å²) >= 11 is 0. The van der Waals surface area contributed by atoms with E-state index in [4.69, 9.17) is 0 Å². The van der Waals surface area contributed by atoms with E-state index in [-0.39, 0.29) is 11.8 Å². The third-order valence-corrected chi connectivity index (χ3v) is 2.52. The number of anilines is 1. The van der Waals surface area contributed by atoms with Crippen LogP contribution in [-0.2, 0) is 4.79 Å². The second-order valence-corrected chi connectivity index (χ2v) is 3.98. The van der Waals surface area contributed by atoms with Crippen molar-refractivity contribution in [3.63, 3.8) is 0 Å². The minimum Gasteiger partial charge on any atom is -0.326 e. The van der Waals surface area contributed by atoms with Crippen molar-refractivity contribution in [2.24, 2.45) is 0 Å². The van der Waals surface area contributed by atoms with Gasteiger partial charge in [-0.2, -0.15) is 5.10 Å². The van der Waals surface area contributed by atoms with Gasteiger partial charge in [-0.25, -0.2) is 4.68 Å². The van der Waals surface area contributed by atoms with Crippen molar-refractivity contribution in [1.29, 1.82) is 0 Å². The van der Waals surface area contributed by atoms with E-state index >= 15 is 0 Å². The molecule has 0 aliphatic carbocycles. The van der Waals surface area contributed by atoms with Crippen molar-refractivity contribution in [3.05, 3.63) is 23.9 Å². The molecule has 2 aromatic rings. The molecule has 0 aliphatic rings. The first-order valence-electron chi connectivity index (χ1n) is 5.26. The van der Waals surface area contributed by atoms with Gasteiger partial charge in [0.1, 0.15) is 0 Å². The Morgan fingerprint density at radius 3 is 2.59 bits per heavy atom. The molecule has 1 amide bonds. The highest BCUT2D eigenvalue weighted by Gasteiger charge is 2.09. The summed E-state index contributed by atoms with van der Waals surface area (Å²) in [6, 6.07) is 3.66. The van der Waals surface area contributed by atoms with E-state index in [1.165, 1.54) is 18.5 Å². The topological polar surface area (TPSA) is 64.0 Å². The van der Waals surface area contributed by atoms with Crippen LogP contribution in [0.15, 0.2) is 18.3 Å². The van der Waals surface area contributed by atoms with E-state index in [0.717, 1.165) is 10.9 Å². The Kier molecular flexibility index (Phi) is 2.67. The second kappa shape index (κ2) is 4.01. The van der Waals surface area contributed by atoms with Crippen LogP contribution in [0.25, 0.3) is 10.9 Å². The van der Waals surface area contributed by atoms with E-state index in [0.29, 0.717) is 11.2 Å². The highest BCUT2D eigenvalue weighted by molar-refractivity contribution is 5.96. The minimum absolute atomic E-state index is 0.138. The Morgan fingerprint density at radius 2 is 2.00 bits per heavy atom. The molecule has 1 heterocycles. The Hall–Kier alpha value is -2.17. The molecule has 0 radical (unpaired) electrons. The van der Waals surface area contributed by atoms with Crippen molar-refractivity contribution in [3.8, 4) is 0 Å². The molecule has 0 saturated carbocycles. The molecule has 1 N–H and O–H groups in total. The van der Waals surface area contributed by atoms with Crippen molar-refractivity contribution in [1.82, 2.24) is 9.78 Å². The van der Waals surface area contributed by atoms with E-state index in [2.05, 4.69) is 10.4 Å². The number of nitrogens with zero attached hydrogens (tertiary/aromatic N) is 2. The molecular formula is C12H13N3O2. The van der Waals surface area contributed by atoms with E-state index in [1.54, 1.807) is 12.3 Å². The molecule has 5 nitrogen and oxygen atoms in total. The monoisotopic (exact) mass is 231 g/mol. The normalized spacial score (nSPS) is 10.5. The number of aromatic nitrogens is 2. The van der Waals surface area contributed by atoms with Crippen LogP contribution < -0.4 is 5.32 Å². The molecule has 5 heteroatoms. The van der Waals surface area contributed by atoms with Gasteiger partial charge in [0.2, 0.25) is 11.8 Å². The largest absolute Gasteiger partial charge is 0.326 e. The van der Waals surface area contributed by atoms with Gasteiger partial charge in [-0.15, -0.1) is 0 Å². The van der Waals surface area contributed by atoms with Crippen LogP contribution >= 0.6 is 0 Å². The van der Waals surface area contributed by atoms with Crippen LogP contribution in [0.2, 0.25) is 0 Å².